The van der Waals surface area contributed by atoms with Crippen molar-refractivity contribution in [2.45, 2.75) is 58.5 Å². The van der Waals surface area contributed by atoms with Gasteiger partial charge in [0, 0.05) is 12.1 Å². The summed E-state index contributed by atoms with van der Waals surface area (Å²) >= 11 is 0. The third-order valence-corrected chi connectivity index (χ3v) is 5.09. The van der Waals surface area contributed by atoms with Crippen LogP contribution >= 0.6 is 0 Å². The van der Waals surface area contributed by atoms with E-state index in [2.05, 4.69) is 56.0 Å². The summed E-state index contributed by atoms with van der Waals surface area (Å²) in [5, 5.41) is 0. The van der Waals surface area contributed by atoms with Crippen molar-refractivity contribution in [3.63, 3.8) is 0 Å². The topological polar surface area (TPSA) is 29.3 Å². The first-order chi connectivity index (χ1) is 10.2. The van der Waals surface area contributed by atoms with Crippen LogP contribution in [0.1, 0.15) is 58.1 Å². The number of hydrogen-bond donors (Lipinski definition) is 1. The zero-order valence-corrected chi connectivity index (χ0v) is 14.0. The number of nitrogens with two attached hydrogens (primary N) is 1. The Morgan fingerprint density at radius 1 is 1.14 bits per heavy atom. The highest BCUT2D eigenvalue weighted by atomic mass is 15.2. The van der Waals surface area contributed by atoms with Gasteiger partial charge in [0.05, 0.1) is 0 Å². The lowest BCUT2D eigenvalue weighted by molar-refractivity contribution is 0.0494. The molecule has 0 amide bonds. The molecule has 1 fully saturated rings. The Bertz CT molecular complexity index is 401. The third-order valence-electron chi connectivity index (χ3n) is 5.09. The molecule has 1 aliphatic rings. The van der Waals surface area contributed by atoms with Gasteiger partial charge in [0.1, 0.15) is 0 Å². The first-order valence-corrected chi connectivity index (χ1v) is 8.69. The maximum Gasteiger partial charge on any atom is 0.0373 e. The largest absolute Gasteiger partial charge is 0.330 e. The fourth-order valence-corrected chi connectivity index (χ4v) is 4.15. The molecule has 2 N–H and O–H groups in total. The summed E-state index contributed by atoms with van der Waals surface area (Å²) in [5.74, 6) is 1.29. The van der Waals surface area contributed by atoms with E-state index in [0.717, 1.165) is 13.1 Å². The molecule has 2 nitrogen and oxygen atoms in total. The molecule has 118 valence electrons. The van der Waals surface area contributed by atoms with E-state index in [1.165, 1.54) is 31.2 Å². The van der Waals surface area contributed by atoms with Gasteiger partial charge >= 0.3 is 0 Å². The summed E-state index contributed by atoms with van der Waals surface area (Å²) in [7, 11) is 0. The zero-order valence-electron chi connectivity index (χ0n) is 14.0. The van der Waals surface area contributed by atoms with Crippen molar-refractivity contribution in [2.24, 2.45) is 17.6 Å². The van der Waals surface area contributed by atoms with Gasteiger partial charge in [-0.05, 0) is 43.3 Å². The van der Waals surface area contributed by atoms with Crippen LogP contribution in [-0.2, 0) is 0 Å². The Hall–Kier alpha value is -0.860. The molecule has 1 aromatic carbocycles. The quantitative estimate of drug-likeness (QED) is 0.849. The molecule has 3 unspecified atom stereocenters. The van der Waals surface area contributed by atoms with E-state index in [4.69, 9.17) is 5.73 Å². The second-order valence-corrected chi connectivity index (χ2v) is 6.78. The molecule has 0 saturated heterocycles. The minimum absolute atomic E-state index is 0.508. The summed E-state index contributed by atoms with van der Waals surface area (Å²) in [6, 6.07) is 12.2. The molecular weight excluding hydrogens is 256 g/mol. The zero-order chi connectivity index (χ0) is 15.2. The molecule has 1 saturated carbocycles. The van der Waals surface area contributed by atoms with Crippen molar-refractivity contribution in [3.05, 3.63) is 35.9 Å². The van der Waals surface area contributed by atoms with Crippen molar-refractivity contribution in [2.75, 3.05) is 13.1 Å². The second kappa shape index (κ2) is 7.95. The average molecular weight is 288 g/mol. The number of nitrogens with zero attached hydrogens (tertiary/aromatic N) is 1. The Kier molecular flexibility index (Phi) is 6.25. The van der Waals surface area contributed by atoms with E-state index in [-0.39, 0.29) is 0 Å². The van der Waals surface area contributed by atoms with Crippen molar-refractivity contribution < 1.29 is 0 Å². The van der Waals surface area contributed by atoms with E-state index in [1.54, 1.807) is 0 Å². The highest BCUT2D eigenvalue weighted by molar-refractivity contribution is 5.20. The number of rotatable bonds is 6. The molecule has 21 heavy (non-hydrogen) atoms. The smallest absolute Gasteiger partial charge is 0.0373 e. The first-order valence-electron chi connectivity index (χ1n) is 8.69. The van der Waals surface area contributed by atoms with Gasteiger partial charge < -0.3 is 5.73 Å². The minimum atomic E-state index is 0.508. The van der Waals surface area contributed by atoms with Crippen LogP contribution in [0.2, 0.25) is 0 Å². The van der Waals surface area contributed by atoms with Crippen LogP contribution in [0.3, 0.4) is 0 Å². The van der Waals surface area contributed by atoms with Crippen LogP contribution < -0.4 is 5.73 Å². The van der Waals surface area contributed by atoms with Crippen LogP contribution in [0.5, 0.6) is 0 Å². The maximum absolute atomic E-state index is 6.07. The number of benzene rings is 1. The van der Waals surface area contributed by atoms with Crippen LogP contribution in [0.25, 0.3) is 0 Å². The molecule has 1 aromatic rings. The fraction of sp³-hybridized carbons (Fsp3) is 0.684. The monoisotopic (exact) mass is 288 g/mol. The Labute approximate surface area is 130 Å². The normalized spacial score (nSPS) is 24.5. The molecule has 0 spiro atoms. The summed E-state index contributed by atoms with van der Waals surface area (Å²) in [4.78, 5) is 2.73. The standard InChI is InChI=1S/C19H32N2/c1-4-21(18-13-9-8-12-17(18)14-20)19(15(2)3)16-10-6-5-7-11-16/h5-7,10-11,15,17-19H,4,8-9,12-14,20H2,1-3H3. The van der Waals surface area contributed by atoms with E-state index in [9.17, 15) is 0 Å². The Morgan fingerprint density at radius 2 is 1.81 bits per heavy atom. The van der Waals surface area contributed by atoms with Crippen molar-refractivity contribution in [1.82, 2.24) is 4.90 Å². The van der Waals surface area contributed by atoms with Gasteiger partial charge in [-0.3, -0.25) is 4.90 Å². The summed E-state index contributed by atoms with van der Waals surface area (Å²) < 4.78 is 0. The van der Waals surface area contributed by atoms with Crippen LogP contribution in [0.15, 0.2) is 30.3 Å². The van der Waals surface area contributed by atoms with Gasteiger partial charge in [0.15, 0.2) is 0 Å². The van der Waals surface area contributed by atoms with Gasteiger partial charge in [0.2, 0.25) is 0 Å². The summed E-state index contributed by atoms with van der Waals surface area (Å²) in [6.45, 7) is 8.95. The number of hydrogen-bond acceptors (Lipinski definition) is 2. The van der Waals surface area contributed by atoms with Gasteiger partial charge in [-0.25, -0.2) is 0 Å². The molecule has 3 atom stereocenters. The average Bonchev–Trinajstić information content (AvgIpc) is 2.53. The molecule has 0 aromatic heterocycles. The van der Waals surface area contributed by atoms with Crippen molar-refractivity contribution in [3.8, 4) is 0 Å². The van der Waals surface area contributed by atoms with Gasteiger partial charge in [0.25, 0.3) is 0 Å². The van der Waals surface area contributed by atoms with E-state index in [0.29, 0.717) is 23.9 Å². The third kappa shape index (κ3) is 3.87. The Morgan fingerprint density at radius 3 is 2.38 bits per heavy atom. The molecular formula is C19H32N2. The van der Waals surface area contributed by atoms with Crippen molar-refractivity contribution >= 4 is 0 Å². The van der Waals surface area contributed by atoms with E-state index < -0.39 is 0 Å². The van der Waals surface area contributed by atoms with Crippen LogP contribution in [-0.4, -0.2) is 24.0 Å². The highest BCUT2D eigenvalue weighted by Crippen LogP contribution is 2.36. The summed E-state index contributed by atoms with van der Waals surface area (Å²) in [6.07, 6.45) is 5.33. The predicted octanol–water partition coefficient (Wildman–Crippen LogP) is 4.22. The van der Waals surface area contributed by atoms with Gasteiger partial charge in [-0.2, -0.15) is 0 Å². The molecule has 0 radical (unpaired) electrons. The highest BCUT2D eigenvalue weighted by Gasteiger charge is 2.34. The molecule has 2 rings (SSSR count). The second-order valence-electron chi connectivity index (χ2n) is 6.78. The van der Waals surface area contributed by atoms with Crippen molar-refractivity contribution in [1.29, 1.82) is 0 Å². The molecule has 2 heteroatoms. The molecule has 0 bridgehead atoms. The minimum Gasteiger partial charge on any atom is -0.330 e. The van der Waals surface area contributed by atoms with Crippen LogP contribution in [0, 0.1) is 11.8 Å². The van der Waals surface area contributed by atoms with Gasteiger partial charge in [-0.15, -0.1) is 0 Å². The lowest BCUT2D eigenvalue weighted by Gasteiger charge is -2.45. The first kappa shape index (κ1) is 16.5. The van der Waals surface area contributed by atoms with E-state index >= 15 is 0 Å². The van der Waals surface area contributed by atoms with Crippen LogP contribution in [0.4, 0.5) is 0 Å². The lowest BCUT2D eigenvalue weighted by atomic mass is 9.81. The predicted molar refractivity (Wildman–Crippen MR) is 91.2 cm³/mol. The Balaban J connectivity index is 2.27. The lowest BCUT2D eigenvalue weighted by Crippen LogP contribution is -2.47. The van der Waals surface area contributed by atoms with E-state index in [1.807, 2.05) is 0 Å². The molecule has 1 aliphatic carbocycles. The van der Waals surface area contributed by atoms with Gasteiger partial charge in [-0.1, -0.05) is 63.9 Å². The summed E-state index contributed by atoms with van der Waals surface area (Å²) in [5.41, 5.74) is 7.53. The maximum atomic E-state index is 6.07. The SMILES string of the molecule is CCN(C1CCCCC1CN)C(c1ccccc1)C(C)C. The molecule has 0 heterocycles. The fourth-order valence-electron chi connectivity index (χ4n) is 4.15. The molecule has 0 aliphatic heterocycles.